The normalized spacial score (nSPS) is 10.6. The number of hydrogen-bond acceptors (Lipinski definition) is 5. The minimum absolute atomic E-state index is 0.0916. The van der Waals surface area contributed by atoms with Gasteiger partial charge in [0.1, 0.15) is 12.1 Å². The molecule has 0 spiro atoms. The minimum Gasteiger partial charge on any atom is -0.504 e. The Kier molecular flexibility index (Phi) is 4.15. The average Bonchev–Trinajstić information content (AvgIpc) is 2.39. The number of nitrogens with zero attached hydrogens (tertiary/aromatic N) is 2. The van der Waals surface area contributed by atoms with Gasteiger partial charge < -0.3 is 15.2 Å². The molecule has 2 aromatic rings. The summed E-state index contributed by atoms with van der Waals surface area (Å²) in [5.74, 6) is 1.24. The van der Waals surface area contributed by atoms with Gasteiger partial charge >= 0.3 is 0 Å². The molecule has 1 heterocycles. The molecule has 1 atom stereocenters. The topological polar surface area (TPSA) is 67.3 Å². The van der Waals surface area contributed by atoms with E-state index in [2.05, 4.69) is 24.5 Å². The molecule has 2 N–H and O–H groups in total. The van der Waals surface area contributed by atoms with E-state index in [1.54, 1.807) is 12.1 Å². The van der Waals surface area contributed by atoms with Crippen molar-refractivity contribution in [3.05, 3.63) is 18.5 Å². The number of methoxy groups -OCH3 is 1. The molecule has 0 saturated carbocycles. The SMILES string of the molecule is COc1cc2ncnc(NCCCP)c2cc1O. The van der Waals surface area contributed by atoms with Crippen LogP contribution in [0.2, 0.25) is 0 Å². The van der Waals surface area contributed by atoms with Crippen LogP contribution in [0.4, 0.5) is 5.82 Å². The fourth-order valence-electron chi connectivity index (χ4n) is 1.69. The molecule has 5 nitrogen and oxygen atoms in total. The van der Waals surface area contributed by atoms with Crippen LogP contribution in [-0.4, -0.2) is 34.9 Å². The molecular weight excluding hydrogens is 249 g/mol. The summed E-state index contributed by atoms with van der Waals surface area (Å²) in [5, 5.41) is 13.8. The Hall–Kier alpha value is -1.61. The quantitative estimate of drug-likeness (QED) is 0.639. The summed E-state index contributed by atoms with van der Waals surface area (Å²) < 4.78 is 5.06. The molecule has 0 radical (unpaired) electrons. The zero-order chi connectivity index (χ0) is 13.0. The van der Waals surface area contributed by atoms with Crippen LogP contribution >= 0.6 is 9.24 Å². The highest BCUT2D eigenvalue weighted by Gasteiger charge is 2.08. The van der Waals surface area contributed by atoms with Crippen molar-refractivity contribution in [2.75, 3.05) is 25.1 Å². The standard InChI is InChI=1S/C12H16N3O2P/c1-17-11-6-9-8(5-10(11)16)12(15-7-14-9)13-3-2-4-18/h5-7,16H,2-4,18H2,1H3,(H,13,14,15). The Labute approximate surface area is 108 Å². The molecule has 0 amide bonds. The Morgan fingerprint density at radius 1 is 1.39 bits per heavy atom. The number of phenolic OH excluding ortho intramolecular Hbond substituents is 1. The average molecular weight is 265 g/mol. The smallest absolute Gasteiger partial charge is 0.162 e. The van der Waals surface area contributed by atoms with E-state index in [9.17, 15) is 5.11 Å². The Bertz CT molecular complexity index is 548. The highest BCUT2D eigenvalue weighted by molar-refractivity contribution is 7.16. The molecule has 1 unspecified atom stereocenters. The number of hydrogen-bond donors (Lipinski definition) is 2. The number of benzene rings is 1. The number of rotatable bonds is 5. The molecule has 2 rings (SSSR count). The maximum Gasteiger partial charge on any atom is 0.162 e. The van der Waals surface area contributed by atoms with E-state index in [0.717, 1.165) is 35.8 Å². The number of ether oxygens (including phenoxy) is 1. The van der Waals surface area contributed by atoms with Crippen LogP contribution in [0.1, 0.15) is 6.42 Å². The van der Waals surface area contributed by atoms with Crippen LogP contribution in [0.15, 0.2) is 18.5 Å². The lowest BCUT2D eigenvalue weighted by Crippen LogP contribution is -2.04. The number of aromatic hydroxyl groups is 1. The number of anilines is 1. The van der Waals surface area contributed by atoms with E-state index in [-0.39, 0.29) is 5.75 Å². The van der Waals surface area contributed by atoms with E-state index in [0.29, 0.717) is 5.75 Å². The van der Waals surface area contributed by atoms with E-state index >= 15 is 0 Å². The van der Waals surface area contributed by atoms with E-state index in [4.69, 9.17) is 4.74 Å². The second kappa shape index (κ2) is 5.83. The first kappa shape index (κ1) is 12.8. The fraction of sp³-hybridized carbons (Fsp3) is 0.333. The second-order valence-corrected chi connectivity index (χ2v) is 4.41. The Morgan fingerprint density at radius 3 is 2.94 bits per heavy atom. The third-order valence-electron chi connectivity index (χ3n) is 2.61. The zero-order valence-corrected chi connectivity index (χ0v) is 11.3. The number of nitrogens with one attached hydrogen (secondary N) is 1. The summed E-state index contributed by atoms with van der Waals surface area (Å²) in [4.78, 5) is 8.37. The molecule has 0 aliphatic rings. The van der Waals surface area contributed by atoms with E-state index in [1.165, 1.54) is 13.4 Å². The summed E-state index contributed by atoms with van der Waals surface area (Å²) in [6.07, 6.45) is 3.58. The lowest BCUT2D eigenvalue weighted by molar-refractivity contribution is 0.374. The van der Waals surface area contributed by atoms with Crippen molar-refractivity contribution in [2.24, 2.45) is 0 Å². The van der Waals surface area contributed by atoms with Crippen molar-refractivity contribution in [3.8, 4) is 11.5 Å². The lowest BCUT2D eigenvalue weighted by Gasteiger charge is -2.09. The molecule has 0 bridgehead atoms. The predicted molar refractivity (Wildman–Crippen MR) is 75.4 cm³/mol. The third-order valence-corrected chi connectivity index (χ3v) is 3.02. The zero-order valence-electron chi connectivity index (χ0n) is 10.2. The molecule has 18 heavy (non-hydrogen) atoms. The maximum absolute atomic E-state index is 9.79. The molecule has 0 aliphatic heterocycles. The first-order chi connectivity index (χ1) is 8.76. The van der Waals surface area contributed by atoms with Crippen LogP contribution in [0.5, 0.6) is 11.5 Å². The van der Waals surface area contributed by atoms with Crippen molar-refractivity contribution < 1.29 is 9.84 Å². The Morgan fingerprint density at radius 2 is 2.22 bits per heavy atom. The first-order valence-corrected chi connectivity index (χ1v) is 6.53. The molecule has 6 heteroatoms. The predicted octanol–water partition coefficient (Wildman–Crippen LogP) is 2.02. The van der Waals surface area contributed by atoms with Gasteiger partial charge in [0.2, 0.25) is 0 Å². The maximum atomic E-state index is 9.79. The molecule has 96 valence electrons. The van der Waals surface area contributed by atoms with E-state index < -0.39 is 0 Å². The number of fused-ring (bicyclic) bond motifs is 1. The van der Waals surface area contributed by atoms with Gasteiger partial charge in [-0.15, -0.1) is 9.24 Å². The highest BCUT2D eigenvalue weighted by atomic mass is 31.0. The van der Waals surface area contributed by atoms with Gasteiger partial charge in [-0.3, -0.25) is 0 Å². The Balaban J connectivity index is 2.39. The largest absolute Gasteiger partial charge is 0.504 e. The third kappa shape index (κ3) is 2.62. The number of phenols is 1. The lowest BCUT2D eigenvalue weighted by atomic mass is 10.2. The van der Waals surface area contributed by atoms with Crippen LogP contribution in [-0.2, 0) is 0 Å². The van der Waals surface area contributed by atoms with Crippen LogP contribution < -0.4 is 10.1 Å². The van der Waals surface area contributed by atoms with E-state index in [1.807, 2.05) is 0 Å². The van der Waals surface area contributed by atoms with Crippen LogP contribution in [0.25, 0.3) is 10.9 Å². The van der Waals surface area contributed by atoms with Crippen LogP contribution in [0.3, 0.4) is 0 Å². The van der Waals surface area contributed by atoms with Gasteiger partial charge in [0.25, 0.3) is 0 Å². The summed E-state index contributed by atoms with van der Waals surface area (Å²) >= 11 is 0. The molecule has 0 saturated heterocycles. The second-order valence-electron chi connectivity index (χ2n) is 3.83. The number of aromatic nitrogens is 2. The molecule has 1 aromatic heterocycles. The van der Waals surface area contributed by atoms with Crippen molar-refractivity contribution in [3.63, 3.8) is 0 Å². The molecule has 1 aromatic carbocycles. The first-order valence-electron chi connectivity index (χ1n) is 5.72. The van der Waals surface area contributed by atoms with Gasteiger partial charge in [-0.2, -0.15) is 0 Å². The van der Waals surface area contributed by atoms with Gasteiger partial charge in [0, 0.05) is 18.0 Å². The summed E-state index contributed by atoms with van der Waals surface area (Å²) in [5.41, 5.74) is 0.744. The van der Waals surface area contributed by atoms with Crippen molar-refractivity contribution in [1.29, 1.82) is 0 Å². The van der Waals surface area contributed by atoms with Crippen molar-refractivity contribution in [1.82, 2.24) is 9.97 Å². The van der Waals surface area contributed by atoms with Crippen molar-refractivity contribution >= 4 is 26.0 Å². The summed E-state index contributed by atoms with van der Waals surface area (Å²) in [6.45, 7) is 0.836. The molecule has 0 fully saturated rings. The van der Waals surface area contributed by atoms with Gasteiger partial charge in [0.05, 0.1) is 12.6 Å². The minimum atomic E-state index is 0.0916. The van der Waals surface area contributed by atoms with Gasteiger partial charge in [0.15, 0.2) is 11.5 Å². The van der Waals surface area contributed by atoms with Gasteiger partial charge in [-0.1, -0.05) is 0 Å². The van der Waals surface area contributed by atoms with Crippen molar-refractivity contribution in [2.45, 2.75) is 6.42 Å². The van der Waals surface area contributed by atoms with Gasteiger partial charge in [-0.25, -0.2) is 9.97 Å². The summed E-state index contributed by atoms with van der Waals surface area (Å²) in [7, 11) is 4.20. The molecule has 0 aliphatic carbocycles. The summed E-state index contributed by atoms with van der Waals surface area (Å²) in [6, 6.07) is 3.32. The highest BCUT2D eigenvalue weighted by Crippen LogP contribution is 2.32. The monoisotopic (exact) mass is 265 g/mol. The van der Waals surface area contributed by atoms with Gasteiger partial charge in [-0.05, 0) is 18.6 Å². The molecular formula is C12H16N3O2P. The van der Waals surface area contributed by atoms with Crippen LogP contribution in [0, 0.1) is 0 Å². The fourth-order valence-corrected chi connectivity index (χ4v) is 1.89.